The highest BCUT2D eigenvalue weighted by atomic mass is 19.4. The van der Waals surface area contributed by atoms with Crippen LogP contribution >= 0.6 is 0 Å². The largest absolute Gasteiger partial charge is 0.490 e. The van der Waals surface area contributed by atoms with Crippen molar-refractivity contribution in [1.82, 2.24) is 30.0 Å². The van der Waals surface area contributed by atoms with Gasteiger partial charge in [0.05, 0.1) is 48.5 Å². The first-order valence-electron chi connectivity index (χ1n) is 14.0. The average molecular weight is 641 g/mol. The quantitative estimate of drug-likeness (QED) is 0.416. The summed E-state index contributed by atoms with van der Waals surface area (Å²) in [7, 11) is 0. The van der Waals surface area contributed by atoms with Crippen molar-refractivity contribution in [3.05, 3.63) is 58.0 Å². The molecule has 2 saturated heterocycles. The molecular weight excluding hydrogens is 614 g/mol. The first kappa shape index (κ1) is 30.4. The summed E-state index contributed by atoms with van der Waals surface area (Å²) in [4.78, 5) is 42.5. The van der Waals surface area contributed by atoms with Crippen molar-refractivity contribution in [2.24, 2.45) is 0 Å². The lowest BCUT2D eigenvalue weighted by Gasteiger charge is -2.41. The van der Waals surface area contributed by atoms with Crippen LogP contribution in [-0.2, 0) is 12.4 Å². The molecule has 0 saturated carbocycles. The Labute approximate surface area is 251 Å². The second kappa shape index (κ2) is 11.7. The van der Waals surface area contributed by atoms with Gasteiger partial charge in [-0.3, -0.25) is 14.6 Å². The van der Waals surface area contributed by atoms with Gasteiger partial charge in [-0.1, -0.05) is 0 Å². The molecule has 3 aromatic rings. The Bertz CT molecular complexity index is 1630. The molecule has 0 radical (unpaired) electrons. The molecule has 240 valence electrons. The van der Waals surface area contributed by atoms with Crippen LogP contribution in [0.3, 0.4) is 0 Å². The van der Waals surface area contributed by atoms with Crippen molar-refractivity contribution >= 4 is 17.4 Å². The first-order valence-corrected chi connectivity index (χ1v) is 14.0. The van der Waals surface area contributed by atoms with Gasteiger partial charge in [-0.25, -0.2) is 15.1 Å². The van der Waals surface area contributed by atoms with Crippen molar-refractivity contribution in [3.63, 3.8) is 0 Å². The van der Waals surface area contributed by atoms with Gasteiger partial charge in [-0.15, -0.1) is 0 Å². The van der Waals surface area contributed by atoms with E-state index in [0.717, 1.165) is 18.5 Å². The van der Waals surface area contributed by atoms with E-state index >= 15 is 0 Å². The fourth-order valence-electron chi connectivity index (χ4n) is 5.86. The third kappa shape index (κ3) is 6.17. The lowest BCUT2D eigenvalue weighted by Crippen LogP contribution is -2.55. The predicted molar refractivity (Wildman–Crippen MR) is 144 cm³/mol. The molecule has 6 rings (SSSR count). The molecule has 0 spiro atoms. The summed E-state index contributed by atoms with van der Waals surface area (Å²) < 4.78 is 91.8. The van der Waals surface area contributed by atoms with Crippen molar-refractivity contribution in [2.45, 2.75) is 43.7 Å². The molecule has 3 aromatic heterocycles. The third-order valence-corrected chi connectivity index (χ3v) is 7.97. The number of nitrogens with one attached hydrogen (secondary N) is 1. The molecule has 18 heteroatoms. The van der Waals surface area contributed by atoms with E-state index in [1.165, 1.54) is 17.3 Å². The monoisotopic (exact) mass is 640 g/mol. The maximum atomic E-state index is 13.6. The number of hydrogen-bond donors (Lipinski definition) is 1. The van der Waals surface area contributed by atoms with E-state index in [-0.39, 0.29) is 67.7 Å². The number of rotatable bonds is 5. The zero-order valence-electron chi connectivity index (χ0n) is 23.4. The Morgan fingerprint density at radius 2 is 1.84 bits per heavy atom. The lowest BCUT2D eigenvalue weighted by molar-refractivity contribution is -0.139. The van der Waals surface area contributed by atoms with Crippen LogP contribution in [0.4, 0.5) is 37.8 Å². The molecule has 1 N–H and O–H groups in total. The van der Waals surface area contributed by atoms with Crippen molar-refractivity contribution in [2.75, 3.05) is 49.2 Å². The lowest BCUT2D eigenvalue weighted by atomic mass is 10.1. The summed E-state index contributed by atoms with van der Waals surface area (Å²) in [5.41, 5.74) is -3.93. The minimum atomic E-state index is -4.88. The van der Waals surface area contributed by atoms with E-state index in [0.29, 0.717) is 25.8 Å². The van der Waals surface area contributed by atoms with Crippen LogP contribution in [0, 0.1) is 0 Å². The first-order chi connectivity index (χ1) is 21.4. The molecule has 0 aliphatic carbocycles. The van der Waals surface area contributed by atoms with Gasteiger partial charge in [0.15, 0.2) is 17.3 Å². The number of ether oxygens (including phenoxy) is 2. The molecule has 0 bridgehead atoms. The van der Waals surface area contributed by atoms with E-state index in [1.54, 1.807) is 4.90 Å². The van der Waals surface area contributed by atoms with Crippen LogP contribution in [0.1, 0.15) is 40.9 Å². The van der Waals surface area contributed by atoms with Crippen LogP contribution in [0.5, 0.6) is 11.6 Å². The zero-order chi connectivity index (χ0) is 31.9. The van der Waals surface area contributed by atoms with Crippen LogP contribution in [0.2, 0.25) is 0 Å². The molecule has 45 heavy (non-hydrogen) atoms. The number of amides is 1. The van der Waals surface area contributed by atoms with E-state index in [9.17, 15) is 35.9 Å². The van der Waals surface area contributed by atoms with Crippen molar-refractivity contribution in [3.8, 4) is 11.6 Å². The Kier molecular flexibility index (Phi) is 7.90. The van der Waals surface area contributed by atoms with Gasteiger partial charge in [-0.05, 0) is 18.9 Å². The summed E-state index contributed by atoms with van der Waals surface area (Å²) in [6, 6.07) is 0.139. The highest BCUT2D eigenvalue weighted by molar-refractivity contribution is 5.92. The summed E-state index contributed by atoms with van der Waals surface area (Å²) in [6.45, 7) is 1.07. The Morgan fingerprint density at radius 1 is 1.02 bits per heavy atom. The topological polar surface area (TPSA) is 130 Å². The Morgan fingerprint density at radius 3 is 2.62 bits per heavy atom. The van der Waals surface area contributed by atoms with E-state index < -0.39 is 41.0 Å². The predicted octanol–water partition coefficient (Wildman–Crippen LogP) is 3.15. The van der Waals surface area contributed by atoms with Crippen molar-refractivity contribution < 1.29 is 40.6 Å². The van der Waals surface area contributed by atoms with E-state index in [4.69, 9.17) is 9.47 Å². The molecule has 6 heterocycles. The van der Waals surface area contributed by atoms with E-state index in [2.05, 4.69) is 20.1 Å². The van der Waals surface area contributed by atoms with Crippen LogP contribution in [-0.4, -0.2) is 87.4 Å². The number of fused-ring (bicyclic) bond motifs is 3. The number of aromatic amines is 1. The minimum absolute atomic E-state index is 0.00660. The van der Waals surface area contributed by atoms with Crippen LogP contribution in [0.25, 0.3) is 0 Å². The number of aromatic nitrogens is 5. The SMILES string of the molecule is O=C(c1cncc(OCC2CCCN2c2cn[nH]c(=O)c2C(F)(F)F)n1)N1CCN2c3ncc(C(F)(F)F)cc3OCCC2C1. The normalized spacial score (nSPS) is 20.3. The molecular formula is C27H26F6N8O4. The molecule has 12 nitrogen and oxygen atoms in total. The number of anilines is 2. The number of halogens is 6. The highest BCUT2D eigenvalue weighted by Crippen LogP contribution is 2.39. The number of carbonyl (C=O) groups is 1. The fourth-order valence-corrected chi connectivity index (χ4v) is 5.86. The smallest absolute Gasteiger partial charge is 0.423 e. The zero-order valence-corrected chi connectivity index (χ0v) is 23.4. The molecule has 0 aromatic carbocycles. The number of pyridine rings is 1. The number of alkyl halides is 6. The summed E-state index contributed by atoms with van der Waals surface area (Å²) in [5.74, 6) is -0.126. The number of hydrogen-bond acceptors (Lipinski definition) is 10. The summed E-state index contributed by atoms with van der Waals surface area (Å²) in [5, 5.41) is 5.38. The van der Waals surface area contributed by atoms with E-state index in [1.807, 2.05) is 10.00 Å². The fraction of sp³-hybridized carbons (Fsp3) is 0.481. The van der Waals surface area contributed by atoms with Gasteiger partial charge in [-0.2, -0.15) is 31.4 Å². The average Bonchev–Trinajstić information content (AvgIpc) is 3.39. The number of H-pyrrole nitrogens is 1. The van der Waals surface area contributed by atoms with Gasteiger partial charge in [0, 0.05) is 38.8 Å². The Balaban J connectivity index is 1.12. The number of carbonyl (C=O) groups excluding carboxylic acids is 1. The van der Waals surface area contributed by atoms with Gasteiger partial charge >= 0.3 is 12.4 Å². The number of nitrogens with zero attached hydrogens (tertiary/aromatic N) is 7. The second-order valence-electron chi connectivity index (χ2n) is 10.8. The molecule has 3 aliphatic rings. The maximum Gasteiger partial charge on any atom is 0.423 e. The summed E-state index contributed by atoms with van der Waals surface area (Å²) in [6.07, 6.45) is -3.68. The van der Waals surface area contributed by atoms with Gasteiger partial charge < -0.3 is 24.2 Å². The standard InChI is InChI=1S/C27H26F6N8O4/c28-26(29,30)15-8-20-23(35-9-15)41-6-5-39(13-16(41)3-7-44-20)25(43)18-10-34-12-21(37-18)45-14-17-2-1-4-40(17)19-11-36-38-24(42)22(19)27(31,32)33/h8-12,16-17H,1-7,13-14H2,(H,38,42). The molecule has 2 fully saturated rings. The highest BCUT2D eigenvalue weighted by Gasteiger charge is 2.41. The Hall–Kier alpha value is -4.64. The number of piperazine rings is 1. The van der Waals surface area contributed by atoms with Crippen LogP contribution in [0.15, 0.2) is 35.6 Å². The molecule has 3 aliphatic heterocycles. The maximum absolute atomic E-state index is 13.6. The molecule has 1 amide bonds. The summed E-state index contributed by atoms with van der Waals surface area (Å²) >= 11 is 0. The van der Waals surface area contributed by atoms with Gasteiger partial charge in [0.2, 0.25) is 5.88 Å². The van der Waals surface area contributed by atoms with Gasteiger partial charge in [0.25, 0.3) is 11.5 Å². The molecule has 2 unspecified atom stereocenters. The van der Waals surface area contributed by atoms with Crippen molar-refractivity contribution in [1.29, 1.82) is 0 Å². The van der Waals surface area contributed by atoms with Gasteiger partial charge in [0.1, 0.15) is 12.2 Å². The minimum Gasteiger partial charge on any atom is -0.490 e. The second-order valence-corrected chi connectivity index (χ2v) is 10.8. The third-order valence-electron chi connectivity index (χ3n) is 7.97. The van der Waals surface area contributed by atoms with Crippen LogP contribution < -0.4 is 24.8 Å². The molecule has 2 atom stereocenters.